The molecule has 0 bridgehead atoms. The lowest BCUT2D eigenvalue weighted by molar-refractivity contribution is -0.297. The third-order valence-electron chi connectivity index (χ3n) is 2.92. The molecule has 0 saturated heterocycles. The summed E-state index contributed by atoms with van der Waals surface area (Å²) in [5.74, 6) is -2.79. The minimum atomic E-state index is -1.50. The van der Waals surface area contributed by atoms with Gasteiger partial charge in [0.1, 0.15) is 0 Å². The summed E-state index contributed by atoms with van der Waals surface area (Å²) in [7, 11) is 0. The number of aliphatic carboxylic acids is 1. The van der Waals surface area contributed by atoms with Gasteiger partial charge in [-0.15, -0.1) is 0 Å². The summed E-state index contributed by atoms with van der Waals surface area (Å²) in [5.41, 5.74) is 6.59. The Morgan fingerprint density at radius 2 is 1.39 bits per heavy atom. The molecule has 0 saturated carbocycles. The molecule has 0 fully saturated rings. The van der Waals surface area contributed by atoms with Crippen LogP contribution in [0.1, 0.15) is 10.4 Å². The summed E-state index contributed by atoms with van der Waals surface area (Å²) in [4.78, 5) is 33.2. The van der Waals surface area contributed by atoms with E-state index in [0.717, 1.165) is 17.2 Å². The van der Waals surface area contributed by atoms with E-state index < -0.39 is 17.8 Å². The smallest absolute Gasteiger partial charge is 0.269 e. The second-order valence-electron chi connectivity index (χ2n) is 4.54. The summed E-state index contributed by atoms with van der Waals surface area (Å²) in [5, 5.41) is 10.1. The molecule has 116 valence electrons. The highest BCUT2D eigenvalue weighted by atomic mass is 16.4. The van der Waals surface area contributed by atoms with E-state index in [-0.39, 0.29) is 0 Å². The molecular weight excluding hydrogens is 296 g/mol. The van der Waals surface area contributed by atoms with E-state index in [1.165, 1.54) is 0 Å². The number of rotatable bonds is 4. The van der Waals surface area contributed by atoms with Crippen molar-refractivity contribution in [2.75, 3.05) is 0 Å². The van der Waals surface area contributed by atoms with Gasteiger partial charge in [-0.05, 0) is 29.3 Å². The number of hydrazine groups is 1. The van der Waals surface area contributed by atoms with Crippen LogP contribution in [-0.4, -0.2) is 17.8 Å². The molecule has 6 heteroatoms. The van der Waals surface area contributed by atoms with Crippen LogP contribution >= 0.6 is 0 Å². The zero-order valence-electron chi connectivity index (χ0n) is 12.0. The quantitative estimate of drug-likeness (QED) is 0.631. The van der Waals surface area contributed by atoms with Gasteiger partial charge in [0.2, 0.25) is 0 Å². The number of carbonyl (C=O) groups excluding carboxylic acids is 3. The van der Waals surface area contributed by atoms with Crippen LogP contribution in [-0.2, 0) is 9.59 Å². The summed E-state index contributed by atoms with van der Waals surface area (Å²) in [6.07, 6.45) is 1.31. The van der Waals surface area contributed by atoms with Gasteiger partial charge >= 0.3 is 0 Å². The summed E-state index contributed by atoms with van der Waals surface area (Å²) < 4.78 is 0. The Hall–Kier alpha value is -3.41. The molecule has 0 atom stereocenters. The average molecular weight is 309 g/mol. The number of hydrogen-bond acceptors (Lipinski definition) is 4. The monoisotopic (exact) mass is 309 g/mol. The van der Waals surface area contributed by atoms with Gasteiger partial charge in [0.05, 0.1) is 5.97 Å². The van der Waals surface area contributed by atoms with Crippen molar-refractivity contribution < 1.29 is 19.5 Å². The molecule has 23 heavy (non-hydrogen) atoms. The highest BCUT2D eigenvalue weighted by molar-refractivity contribution is 5.98. The van der Waals surface area contributed by atoms with Gasteiger partial charge in [0.25, 0.3) is 11.8 Å². The fourth-order valence-electron chi connectivity index (χ4n) is 1.82. The molecule has 0 aliphatic rings. The molecule has 2 aromatic rings. The van der Waals surface area contributed by atoms with E-state index >= 15 is 0 Å². The molecule has 0 aliphatic carbocycles. The molecular formula is C17H13N2O4-. The fraction of sp³-hybridized carbons (Fsp3) is 0. The second-order valence-corrected chi connectivity index (χ2v) is 4.54. The zero-order valence-corrected chi connectivity index (χ0v) is 12.0. The highest BCUT2D eigenvalue weighted by Gasteiger charge is 2.06. The second kappa shape index (κ2) is 7.56. The first-order valence-electron chi connectivity index (χ1n) is 6.71. The first-order chi connectivity index (χ1) is 11.1. The Bertz CT molecular complexity index is 737. The van der Waals surface area contributed by atoms with Gasteiger partial charge in [-0.25, -0.2) is 0 Å². The lowest BCUT2D eigenvalue weighted by atomic mass is 10.0. The van der Waals surface area contributed by atoms with Crippen LogP contribution in [0.4, 0.5) is 0 Å². The first kappa shape index (κ1) is 16.0. The molecule has 2 amide bonds. The topological polar surface area (TPSA) is 98.3 Å². The molecule has 2 aromatic carbocycles. The van der Waals surface area contributed by atoms with Gasteiger partial charge in [0, 0.05) is 11.6 Å². The van der Waals surface area contributed by atoms with Crippen LogP contribution in [0.5, 0.6) is 0 Å². The molecule has 2 N–H and O–H groups in total. The van der Waals surface area contributed by atoms with E-state index in [1.807, 2.05) is 30.3 Å². The fourth-order valence-corrected chi connectivity index (χ4v) is 1.82. The first-order valence-corrected chi connectivity index (χ1v) is 6.71. The molecule has 2 rings (SSSR count). The van der Waals surface area contributed by atoms with Crippen molar-refractivity contribution in [1.29, 1.82) is 0 Å². The van der Waals surface area contributed by atoms with Gasteiger partial charge in [0.15, 0.2) is 0 Å². The third kappa shape index (κ3) is 4.82. The molecule has 0 aliphatic heterocycles. The number of carboxylic acid groups (broad SMARTS) is 1. The van der Waals surface area contributed by atoms with Crippen LogP contribution in [0.3, 0.4) is 0 Å². The number of nitrogens with one attached hydrogen (secondary N) is 2. The van der Waals surface area contributed by atoms with Crippen molar-refractivity contribution in [3.05, 3.63) is 72.3 Å². The number of benzene rings is 2. The SMILES string of the molecule is O=C([O-])C=CC(=O)NNC(=O)c1ccc(-c2ccccc2)cc1. The third-order valence-corrected chi connectivity index (χ3v) is 2.92. The van der Waals surface area contributed by atoms with Crippen molar-refractivity contribution >= 4 is 17.8 Å². The number of carboxylic acids is 1. The normalized spacial score (nSPS) is 10.3. The molecule has 0 unspecified atom stereocenters. The summed E-state index contributed by atoms with van der Waals surface area (Å²) in [6.45, 7) is 0. The minimum Gasteiger partial charge on any atom is -0.545 e. The molecule has 0 radical (unpaired) electrons. The Labute approximate surface area is 132 Å². The van der Waals surface area contributed by atoms with Crippen molar-refractivity contribution in [2.24, 2.45) is 0 Å². The van der Waals surface area contributed by atoms with Crippen molar-refractivity contribution in [3.8, 4) is 11.1 Å². The van der Waals surface area contributed by atoms with Crippen molar-refractivity contribution in [1.82, 2.24) is 10.9 Å². The van der Waals surface area contributed by atoms with Crippen LogP contribution in [0.2, 0.25) is 0 Å². The Morgan fingerprint density at radius 3 is 2.00 bits per heavy atom. The maximum absolute atomic E-state index is 11.9. The molecule has 0 heterocycles. The van der Waals surface area contributed by atoms with Crippen molar-refractivity contribution in [2.45, 2.75) is 0 Å². The van der Waals surface area contributed by atoms with E-state index in [2.05, 4.69) is 10.9 Å². The van der Waals surface area contributed by atoms with Gasteiger partial charge < -0.3 is 9.90 Å². The standard InChI is InChI=1S/C17H14N2O4/c20-15(10-11-16(21)22)18-19-17(23)14-8-6-13(7-9-14)12-4-2-1-3-5-12/h1-11H,(H,18,20)(H,19,23)(H,21,22)/p-1. The maximum atomic E-state index is 11.9. The van der Waals surface area contributed by atoms with Crippen LogP contribution in [0, 0.1) is 0 Å². The predicted molar refractivity (Wildman–Crippen MR) is 81.6 cm³/mol. The maximum Gasteiger partial charge on any atom is 0.269 e. The summed E-state index contributed by atoms with van der Waals surface area (Å²) >= 11 is 0. The number of amides is 2. The Kier molecular flexibility index (Phi) is 5.25. The van der Waals surface area contributed by atoms with Crippen LogP contribution < -0.4 is 16.0 Å². The van der Waals surface area contributed by atoms with E-state index in [4.69, 9.17) is 0 Å². The van der Waals surface area contributed by atoms with E-state index in [0.29, 0.717) is 11.6 Å². The largest absolute Gasteiger partial charge is 0.545 e. The van der Waals surface area contributed by atoms with Gasteiger partial charge in [-0.3, -0.25) is 20.4 Å². The van der Waals surface area contributed by atoms with E-state index in [9.17, 15) is 19.5 Å². The van der Waals surface area contributed by atoms with Gasteiger partial charge in [-0.2, -0.15) is 0 Å². The Morgan fingerprint density at radius 1 is 0.783 bits per heavy atom. The van der Waals surface area contributed by atoms with E-state index in [1.54, 1.807) is 24.3 Å². The van der Waals surface area contributed by atoms with Crippen molar-refractivity contribution in [3.63, 3.8) is 0 Å². The highest BCUT2D eigenvalue weighted by Crippen LogP contribution is 2.19. The molecule has 0 spiro atoms. The average Bonchev–Trinajstić information content (AvgIpc) is 2.58. The van der Waals surface area contributed by atoms with Crippen LogP contribution in [0.25, 0.3) is 11.1 Å². The van der Waals surface area contributed by atoms with Gasteiger partial charge in [-0.1, -0.05) is 42.5 Å². The number of hydrogen-bond donors (Lipinski definition) is 2. The zero-order chi connectivity index (χ0) is 16.7. The lowest BCUT2D eigenvalue weighted by Gasteiger charge is -2.06. The Balaban J connectivity index is 1.95. The summed E-state index contributed by atoms with van der Waals surface area (Å²) in [6, 6.07) is 16.5. The number of carbonyl (C=O) groups is 3. The minimum absolute atomic E-state index is 0.355. The molecule has 6 nitrogen and oxygen atoms in total. The van der Waals surface area contributed by atoms with Crippen LogP contribution in [0.15, 0.2) is 66.7 Å². The molecule has 0 aromatic heterocycles. The predicted octanol–water partition coefficient (Wildman–Crippen LogP) is 0.421. The lowest BCUT2D eigenvalue weighted by Crippen LogP contribution is -2.40.